The molecule has 3 aliphatic rings. The van der Waals surface area contributed by atoms with Crippen molar-refractivity contribution >= 4 is 22.8 Å². The van der Waals surface area contributed by atoms with Crippen LogP contribution >= 0.6 is 0 Å². The molecule has 2 fully saturated rings. The number of aryl methyl sites for hydroxylation is 2. The van der Waals surface area contributed by atoms with Gasteiger partial charge in [0.15, 0.2) is 11.0 Å². The summed E-state index contributed by atoms with van der Waals surface area (Å²) in [6, 6.07) is 6.58. The lowest BCUT2D eigenvalue weighted by Crippen LogP contribution is -2.52. The Kier molecular flexibility index (Phi) is 5.89. The Morgan fingerprint density at radius 3 is 2.74 bits per heavy atom. The molecule has 39 heavy (non-hydrogen) atoms. The topological polar surface area (TPSA) is 158 Å². The van der Waals surface area contributed by atoms with Gasteiger partial charge >= 0.3 is 5.97 Å². The van der Waals surface area contributed by atoms with E-state index in [1.807, 2.05) is 19.9 Å². The number of carbonyl (C=O) groups excluding carboxylic acids is 1. The van der Waals surface area contributed by atoms with Crippen molar-refractivity contribution in [3.8, 4) is 11.5 Å². The summed E-state index contributed by atoms with van der Waals surface area (Å²) < 4.78 is 24.1. The maximum absolute atomic E-state index is 13.7. The van der Waals surface area contributed by atoms with Crippen LogP contribution in [0.15, 0.2) is 39.7 Å². The number of fused-ring (bicyclic) bond motifs is 4. The van der Waals surface area contributed by atoms with Crippen molar-refractivity contribution in [2.24, 2.45) is 0 Å². The predicted octanol–water partition coefficient (Wildman–Crippen LogP) is 3.27. The van der Waals surface area contributed by atoms with Crippen molar-refractivity contribution in [3.63, 3.8) is 0 Å². The zero-order chi connectivity index (χ0) is 27.7. The molecule has 0 unspecified atom stereocenters. The number of nitrogens with zero attached hydrogens (tertiary/aromatic N) is 1. The lowest BCUT2D eigenvalue weighted by molar-refractivity contribution is -0.171. The fourth-order valence-electron chi connectivity index (χ4n) is 6.30. The van der Waals surface area contributed by atoms with Crippen LogP contribution in [0.5, 0.6) is 11.5 Å². The first kappa shape index (κ1) is 25.6. The number of nitrogens with two attached hydrogens (primary N) is 1. The first-order valence-corrected chi connectivity index (χ1v) is 13.3. The number of rotatable bonds is 3. The lowest BCUT2D eigenvalue weighted by Gasteiger charge is -2.44. The van der Waals surface area contributed by atoms with E-state index in [2.05, 4.69) is 4.98 Å². The van der Waals surface area contributed by atoms with Crippen molar-refractivity contribution in [3.05, 3.63) is 57.6 Å². The number of hydrogen-bond acceptors (Lipinski definition) is 10. The Labute approximate surface area is 224 Å². The van der Waals surface area contributed by atoms with Crippen LogP contribution < -0.4 is 15.9 Å². The lowest BCUT2D eigenvalue weighted by atomic mass is 9.77. The van der Waals surface area contributed by atoms with Crippen LogP contribution in [-0.2, 0) is 20.7 Å². The van der Waals surface area contributed by atoms with Crippen molar-refractivity contribution in [2.75, 3.05) is 5.73 Å². The number of pyridine rings is 1. The third-order valence-corrected chi connectivity index (χ3v) is 8.20. The quantitative estimate of drug-likeness (QED) is 0.335. The average Bonchev–Trinajstić information content (AvgIpc) is 3.54. The smallest absolute Gasteiger partial charge is 0.341 e. The molecular formula is C29H32N2O8. The number of ether oxygens (including phenoxy) is 3. The van der Waals surface area contributed by atoms with Gasteiger partial charge in [0, 0.05) is 36.2 Å². The number of hydrogen-bond donors (Lipinski definition) is 3. The molecule has 0 radical (unpaired) electrons. The third kappa shape index (κ3) is 4.31. The van der Waals surface area contributed by atoms with E-state index in [4.69, 9.17) is 24.4 Å². The molecule has 0 bridgehead atoms. The molecule has 3 aromatic rings. The number of carbonyl (C=O) groups is 1. The second-order valence-electron chi connectivity index (χ2n) is 11.4. The van der Waals surface area contributed by atoms with Crippen molar-refractivity contribution in [1.29, 1.82) is 0 Å². The molecule has 10 heteroatoms. The summed E-state index contributed by atoms with van der Waals surface area (Å²) in [4.78, 5) is 30.5. The van der Waals surface area contributed by atoms with E-state index in [1.54, 1.807) is 25.3 Å². The second-order valence-corrected chi connectivity index (χ2v) is 11.4. The number of epoxide rings is 1. The normalized spacial score (nSPS) is 29.4. The molecule has 2 aromatic heterocycles. The van der Waals surface area contributed by atoms with Crippen LogP contribution in [0.2, 0.25) is 0 Å². The van der Waals surface area contributed by atoms with Crippen LogP contribution in [0.25, 0.3) is 11.0 Å². The largest absolute Gasteiger partial charge is 0.507 e. The molecule has 4 N–H and O–H groups in total. The fraction of sp³-hybridized carbons (Fsp3) is 0.483. The standard InChI is InChI=1S/C29H32N2O8/c1-14-10-18(33)24-19(36-14)12-20-23(25(24)34)17-6-5-16(32)13-29(27(35)37-26(17)28(2,3)38-20)21(39-29)7-4-15-8-9-31-22(30)11-15/h8-12,16-17,21,26,32,34H,4-7,13H2,1-3H3,(H2,30,31)/t16-,17+,21-,26-,29+/m1/s1. The Morgan fingerprint density at radius 2 is 1.97 bits per heavy atom. The summed E-state index contributed by atoms with van der Waals surface area (Å²) in [7, 11) is 0. The molecule has 2 saturated heterocycles. The highest BCUT2D eigenvalue weighted by molar-refractivity contribution is 5.88. The zero-order valence-corrected chi connectivity index (χ0v) is 22.1. The van der Waals surface area contributed by atoms with Crippen LogP contribution in [0, 0.1) is 6.92 Å². The van der Waals surface area contributed by atoms with Crippen molar-refractivity contribution < 1.29 is 33.6 Å². The highest BCUT2D eigenvalue weighted by Gasteiger charge is 2.65. The highest BCUT2D eigenvalue weighted by atomic mass is 16.7. The van der Waals surface area contributed by atoms with Crippen molar-refractivity contribution in [2.45, 2.75) is 88.3 Å². The Hall–Kier alpha value is -3.63. The molecule has 1 aromatic carbocycles. The summed E-state index contributed by atoms with van der Waals surface area (Å²) in [5.74, 6) is -0.148. The molecule has 0 amide bonds. The molecule has 10 nitrogen and oxygen atoms in total. The van der Waals surface area contributed by atoms with Crippen LogP contribution in [0.1, 0.15) is 62.3 Å². The Morgan fingerprint density at radius 1 is 1.18 bits per heavy atom. The molecule has 5 atom stereocenters. The molecular weight excluding hydrogens is 504 g/mol. The number of nitrogen functional groups attached to an aromatic ring is 1. The fourth-order valence-corrected chi connectivity index (χ4v) is 6.30. The molecule has 0 aliphatic carbocycles. The van der Waals surface area contributed by atoms with Gasteiger partial charge < -0.3 is 34.6 Å². The van der Waals surface area contributed by atoms with Crippen molar-refractivity contribution in [1.82, 2.24) is 4.98 Å². The van der Waals surface area contributed by atoms with Gasteiger partial charge in [-0.15, -0.1) is 0 Å². The van der Waals surface area contributed by atoms with Gasteiger partial charge in [0.05, 0.1) is 12.2 Å². The van der Waals surface area contributed by atoms with E-state index in [0.717, 1.165) is 5.56 Å². The summed E-state index contributed by atoms with van der Waals surface area (Å²) >= 11 is 0. The van der Waals surface area contributed by atoms with Crippen LogP contribution in [0.3, 0.4) is 0 Å². The minimum Gasteiger partial charge on any atom is -0.507 e. The van der Waals surface area contributed by atoms with E-state index in [-0.39, 0.29) is 28.6 Å². The average molecular weight is 537 g/mol. The molecule has 1 spiro atoms. The van der Waals surface area contributed by atoms with Gasteiger partial charge in [0.2, 0.25) is 0 Å². The van der Waals surface area contributed by atoms with E-state index in [9.17, 15) is 19.8 Å². The Balaban J connectivity index is 1.33. The molecule has 6 rings (SSSR count). The van der Waals surface area contributed by atoms with Gasteiger partial charge in [-0.05, 0) is 64.2 Å². The number of aromatic hydroxyl groups is 1. The number of anilines is 1. The van der Waals surface area contributed by atoms with Gasteiger partial charge in [-0.1, -0.05) is 0 Å². The van der Waals surface area contributed by atoms with Crippen LogP contribution in [-0.4, -0.2) is 50.7 Å². The molecule has 5 heterocycles. The monoisotopic (exact) mass is 536 g/mol. The van der Waals surface area contributed by atoms with Gasteiger partial charge in [-0.25, -0.2) is 9.78 Å². The summed E-state index contributed by atoms with van der Waals surface area (Å²) in [5, 5.41) is 22.3. The first-order valence-electron chi connectivity index (χ1n) is 13.3. The SMILES string of the molecule is Cc1cc(=O)c2c(O)c3c(cc2o1)OC(C)(C)[C@@H]1OC(=O)[C@@]2(C[C@H](O)CC[C@@H]31)O[C@@H]2CCc1ccnc(N)c1. The minimum atomic E-state index is -1.26. The third-order valence-electron chi connectivity index (χ3n) is 8.20. The van der Waals surface area contributed by atoms with E-state index >= 15 is 0 Å². The number of aliphatic hydroxyl groups is 1. The number of aliphatic hydroxyl groups excluding tert-OH is 1. The van der Waals surface area contributed by atoms with Gasteiger partial charge in [-0.2, -0.15) is 0 Å². The minimum absolute atomic E-state index is 0.0481. The van der Waals surface area contributed by atoms with E-state index < -0.39 is 41.4 Å². The maximum atomic E-state index is 13.7. The zero-order valence-electron chi connectivity index (χ0n) is 22.1. The predicted molar refractivity (Wildman–Crippen MR) is 141 cm³/mol. The van der Waals surface area contributed by atoms with E-state index in [0.29, 0.717) is 48.6 Å². The van der Waals surface area contributed by atoms with Crippen LogP contribution in [0.4, 0.5) is 5.82 Å². The number of aromatic nitrogens is 1. The van der Waals surface area contributed by atoms with E-state index in [1.165, 1.54) is 6.07 Å². The number of benzene rings is 1. The Bertz CT molecular complexity index is 1530. The van der Waals surface area contributed by atoms with Gasteiger partial charge in [0.1, 0.15) is 45.8 Å². The van der Waals surface area contributed by atoms with Gasteiger partial charge in [-0.3, -0.25) is 4.79 Å². The summed E-state index contributed by atoms with van der Waals surface area (Å²) in [6.07, 6.45) is 1.60. The molecule has 0 saturated carbocycles. The summed E-state index contributed by atoms with van der Waals surface area (Å²) in [6.45, 7) is 5.29. The van der Waals surface area contributed by atoms with Gasteiger partial charge in [0.25, 0.3) is 0 Å². The number of phenolic OH excluding ortho intramolecular Hbond substituents is 1. The molecule has 3 aliphatic heterocycles. The first-order chi connectivity index (χ1) is 18.5. The highest BCUT2D eigenvalue weighted by Crippen LogP contribution is 2.53. The molecule has 206 valence electrons. The summed E-state index contributed by atoms with van der Waals surface area (Å²) in [5.41, 5.74) is 4.75. The second kappa shape index (κ2) is 8.96. The maximum Gasteiger partial charge on any atom is 0.341 e. The number of esters is 1. The number of phenols is 1.